The molecule has 3 rings (SSSR count). The molecule has 2 heterocycles. The number of sulfonamides is 1. The second kappa shape index (κ2) is 7.20. The Labute approximate surface area is 165 Å². The van der Waals surface area contributed by atoms with Crippen LogP contribution in [0.25, 0.3) is 0 Å². The van der Waals surface area contributed by atoms with Crippen molar-refractivity contribution in [2.75, 3.05) is 13.1 Å². The summed E-state index contributed by atoms with van der Waals surface area (Å²) in [6.07, 6.45) is 1.77. The maximum absolute atomic E-state index is 13.2. The highest BCUT2D eigenvalue weighted by molar-refractivity contribution is 7.90. The summed E-state index contributed by atoms with van der Waals surface area (Å²) in [5, 5.41) is 4.46. The van der Waals surface area contributed by atoms with Gasteiger partial charge in [0, 0.05) is 18.1 Å². The maximum Gasteiger partial charge on any atom is 0.283 e. The fraction of sp³-hybridized carbons (Fsp3) is 0.471. The third kappa shape index (κ3) is 3.65. The lowest BCUT2D eigenvalue weighted by atomic mass is 10.0. The fourth-order valence-corrected chi connectivity index (χ4v) is 6.91. The van der Waals surface area contributed by atoms with Crippen LogP contribution in [0, 0.1) is 19.8 Å². The van der Waals surface area contributed by atoms with Crippen molar-refractivity contribution in [1.29, 1.82) is 0 Å². The Morgan fingerprint density at radius 3 is 2.30 bits per heavy atom. The minimum Gasteiger partial charge on any atom is -0.207 e. The molecule has 0 aliphatic carbocycles. The molecule has 1 fully saturated rings. The summed E-state index contributed by atoms with van der Waals surface area (Å²) in [5.74, 6) is 0.266. The molecule has 0 amide bonds. The van der Waals surface area contributed by atoms with Crippen LogP contribution < -0.4 is 0 Å². The summed E-state index contributed by atoms with van der Waals surface area (Å²) < 4.78 is 54.4. The average Bonchev–Trinajstić information content (AvgIpc) is 2.91. The molecule has 0 saturated carbocycles. The minimum absolute atomic E-state index is 0.00644. The first kappa shape index (κ1) is 20.3. The summed E-state index contributed by atoms with van der Waals surface area (Å²) in [6, 6.07) is 5.67. The van der Waals surface area contributed by atoms with Crippen molar-refractivity contribution in [3.8, 4) is 0 Å². The zero-order valence-electron chi connectivity index (χ0n) is 15.4. The van der Waals surface area contributed by atoms with E-state index in [9.17, 15) is 16.8 Å². The Morgan fingerprint density at radius 2 is 1.70 bits per heavy atom. The molecule has 0 bridgehead atoms. The Bertz CT molecular complexity index is 1060. The maximum atomic E-state index is 13.2. The lowest BCUT2D eigenvalue weighted by Gasteiger charge is -2.30. The SMILES string of the molecule is Cc1nn(S(=O)(=O)c2ccc(Cl)cc2)c(C)c1S(=O)(=O)N1CCC[C@H](C)C1. The van der Waals surface area contributed by atoms with E-state index in [-0.39, 0.29) is 27.1 Å². The molecule has 1 saturated heterocycles. The Kier molecular flexibility index (Phi) is 5.42. The Morgan fingerprint density at radius 1 is 1.07 bits per heavy atom. The van der Waals surface area contributed by atoms with Crippen LogP contribution in [-0.2, 0) is 20.0 Å². The highest BCUT2D eigenvalue weighted by atomic mass is 35.5. The lowest BCUT2D eigenvalue weighted by Crippen LogP contribution is -2.39. The first-order valence-electron chi connectivity index (χ1n) is 8.62. The summed E-state index contributed by atoms with van der Waals surface area (Å²) >= 11 is 5.82. The number of rotatable bonds is 4. The summed E-state index contributed by atoms with van der Waals surface area (Å²) in [6.45, 7) is 5.85. The van der Waals surface area contributed by atoms with E-state index in [1.807, 2.05) is 6.92 Å². The minimum atomic E-state index is -4.03. The van der Waals surface area contributed by atoms with E-state index in [0.29, 0.717) is 18.1 Å². The van der Waals surface area contributed by atoms with Gasteiger partial charge in [0.1, 0.15) is 4.90 Å². The first-order chi connectivity index (χ1) is 12.5. The molecule has 1 atom stereocenters. The number of aromatic nitrogens is 2. The molecule has 10 heteroatoms. The molecule has 0 N–H and O–H groups in total. The van der Waals surface area contributed by atoms with Crippen LogP contribution in [0.2, 0.25) is 5.02 Å². The van der Waals surface area contributed by atoms with Crippen molar-refractivity contribution >= 4 is 31.6 Å². The van der Waals surface area contributed by atoms with Gasteiger partial charge in [0.25, 0.3) is 10.0 Å². The van der Waals surface area contributed by atoms with Gasteiger partial charge in [-0.1, -0.05) is 18.5 Å². The van der Waals surface area contributed by atoms with Crippen molar-refractivity contribution in [3.63, 3.8) is 0 Å². The van der Waals surface area contributed by atoms with Gasteiger partial charge < -0.3 is 0 Å². The van der Waals surface area contributed by atoms with Gasteiger partial charge in [-0.2, -0.15) is 21.9 Å². The highest BCUT2D eigenvalue weighted by Crippen LogP contribution is 2.29. The van der Waals surface area contributed by atoms with Crippen LogP contribution in [-0.4, -0.2) is 43.4 Å². The number of nitrogens with zero attached hydrogens (tertiary/aromatic N) is 3. The van der Waals surface area contributed by atoms with E-state index >= 15 is 0 Å². The number of hydrogen-bond donors (Lipinski definition) is 0. The number of aryl methyl sites for hydroxylation is 1. The zero-order chi connectivity index (χ0) is 20.0. The summed E-state index contributed by atoms with van der Waals surface area (Å²) in [7, 11) is -7.85. The van der Waals surface area contributed by atoms with E-state index in [1.165, 1.54) is 42.4 Å². The van der Waals surface area contributed by atoms with Crippen LogP contribution in [0.15, 0.2) is 34.1 Å². The molecule has 0 radical (unpaired) electrons. The van der Waals surface area contributed by atoms with Crippen molar-refractivity contribution < 1.29 is 16.8 Å². The molecule has 7 nitrogen and oxygen atoms in total. The monoisotopic (exact) mass is 431 g/mol. The van der Waals surface area contributed by atoms with Crippen LogP contribution in [0.4, 0.5) is 0 Å². The molecule has 1 aromatic heterocycles. The van der Waals surface area contributed by atoms with Crippen LogP contribution in [0.1, 0.15) is 31.2 Å². The van der Waals surface area contributed by atoms with E-state index < -0.39 is 20.0 Å². The van der Waals surface area contributed by atoms with Crippen molar-refractivity contribution in [1.82, 2.24) is 13.5 Å². The summed E-state index contributed by atoms with van der Waals surface area (Å²) in [4.78, 5) is -0.0396. The van der Waals surface area contributed by atoms with Crippen LogP contribution >= 0.6 is 11.6 Å². The zero-order valence-corrected chi connectivity index (χ0v) is 17.8. The molecular formula is C17H22ClN3O4S2. The predicted octanol–water partition coefficient (Wildman–Crippen LogP) is 2.81. The number of hydrogen-bond acceptors (Lipinski definition) is 5. The van der Waals surface area contributed by atoms with Crippen molar-refractivity contribution in [2.45, 2.75) is 43.4 Å². The molecule has 1 aliphatic rings. The number of piperidine rings is 1. The standard InChI is InChI=1S/C17H22ClN3O4S2/c1-12-5-4-10-20(11-12)27(24,25)17-13(2)19-21(14(17)3)26(22,23)16-8-6-15(18)7-9-16/h6-9,12H,4-5,10-11H2,1-3H3/t12-/m0/s1. The number of benzene rings is 1. The van der Waals surface area contributed by atoms with E-state index in [1.54, 1.807) is 0 Å². The van der Waals surface area contributed by atoms with Crippen LogP contribution in [0.5, 0.6) is 0 Å². The van der Waals surface area contributed by atoms with Gasteiger partial charge in [0.05, 0.1) is 16.3 Å². The molecule has 0 spiro atoms. The molecule has 1 aliphatic heterocycles. The molecule has 1 aromatic carbocycles. The predicted molar refractivity (Wildman–Crippen MR) is 103 cm³/mol. The van der Waals surface area contributed by atoms with Gasteiger partial charge in [-0.15, -0.1) is 0 Å². The fourth-order valence-electron chi connectivity index (χ4n) is 3.41. The van der Waals surface area contributed by atoms with Gasteiger partial charge in [0.15, 0.2) is 0 Å². The van der Waals surface area contributed by atoms with Gasteiger partial charge >= 0.3 is 0 Å². The van der Waals surface area contributed by atoms with E-state index in [2.05, 4.69) is 5.10 Å². The molecule has 2 aromatic rings. The Balaban J connectivity index is 2.08. The second-order valence-electron chi connectivity index (χ2n) is 6.91. The van der Waals surface area contributed by atoms with Gasteiger partial charge in [-0.05, 0) is 56.9 Å². The van der Waals surface area contributed by atoms with Gasteiger partial charge in [-0.25, -0.2) is 8.42 Å². The summed E-state index contributed by atoms with van der Waals surface area (Å²) in [5.41, 5.74) is 0.254. The highest BCUT2D eigenvalue weighted by Gasteiger charge is 2.35. The topological polar surface area (TPSA) is 89.3 Å². The smallest absolute Gasteiger partial charge is 0.207 e. The van der Waals surface area contributed by atoms with E-state index in [4.69, 9.17) is 11.6 Å². The third-order valence-electron chi connectivity index (χ3n) is 4.74. The average molecular weight is 432 g/mol. The Hall–Kier alpha value is -1.42. The van der Waals surface area contributed by atoms with Crippen molar-refractivity contribution in [3.05, 3.63) is 40.7 Å². The molecule has 0 unspecified atom stereocenters. The molecular weight excluding hydrogens is 410 g/mol. The third-order valence-corrected chi connectivity index (χ3v) is 8.79. The first-order valence-corrected chi connectivity index (χ1v) is 11.9. The normalized spacial score (nSPS) is 19.3. The quantitative estimate of drug-likeness (QED) is 0.742. The number of halogens is 1. The molecule has 148 valence electrons. The van der Waals surface area contributed by atoms with Crippen molar-refractivity contribution in [2.24, 2.45) is 5.92 Å². The van der Waals surface area contributed by atoms with Gasteiger partial charge in [-0.3, -0.25) is 0 Å². The largest absolute Gasteiger partial charge is 0.283 e. The second-order valence-corrected chi connectivity index (χ2v) is 11.0. The lowest BCUT2D eigenvalue weighted by molar-refractivity contribution is 0.281. The van der Waals surface area contributed by atoms with Gasteiger partial charge in [0.2, 0.25) is 10.0 Å². The van der Waals surface area contributed by atoms with E-state index in [0.717, 1.165) is 16.9 Å². The van der Waals surface area contributed by atoms with Crippen LogP contribution in [0.3, 0.4) is 0 Å². The molecule has 27 heavy (non-hydrogen) atoms.